The van der Waals surface area contributed by atoms with E-state index in [4.69, 9.17) is 10.00 Å². The number of imidazole rings is 1. The number of piperidine rings is 1. The first-order chi connectivity index (χ1) is 17.6. The molecule has 0 spiro atoms. The van der Waals surface area contributed by atoms with Gasteiger partial charge in [0.2, 0.25) is 5.91 Å². The maximum atomic E-state index is 13.1. The highest BCUT2D eigenvalue weighted by atomic mass is 16.5. The third-order valence-corrected chi connectivity index (χ3v) is 6.60. The van der Waals surface area contributed by atoms with Crippen LogP contribution in [0.4, 0.5) is 0 Å². The van der Waals surface area contributed by atoms with Gasteiger partial charge in [-0.1, -0.05) is 42.5 Å². The number of methoxy groups -OCH3 is 1. The highest BCUT2D eigenvalue weighted by Gasteiger charge is 2.35. The Morgan fingerprint density at radius 2 is 1.78 bits per heavy atom. The molecule has 0 saturated carbocycles. The van der Waals surface area contributed by atoms with Gasteiger partial charge in [0.15, 0.2) is 0 Å². The molecule has 3 aromatic rings. The van der Waals surface area contributed by atoms with Gasteiger partial charge in [-0.25, -0.2) is 4.98 Å². The summed E-state index contributed by atoms with van der Waals surface area (Å²) in [7, 11) is 1.40. The molecule has 2 unspecified atom stereocenters. The molecule has 1 N–H and O–H groups in total. The molecule has 0 radical (unpaired) electrons. The van der Waals surface area contributed by atoms with Gasteiger partial charge in [-0.15, -0.1) is 0 Å². The predicted octanol–water partition coefficient (Wildman–Crippen LogP) is 2.77. The van der Waals surface area contributed by atoms with Crippen molar-refractivity contribution in [1.82, 2.24) is 19.8 Å². The lowest BCUT2D eigenvalue weighted by Crippen LogP contribution is -2.48. The van der Waals surface area contributed by atoms with Crippen LogP contribution in [0.1, 0.15) is 28.8 Å². The molecule has 0 aliphatic carbocycles. The van der Waals surface area contributed by atoms with Crippen molar-refractivity contribution in [3.8, 4) is 6.07 Å². The number of benzene rings is 2. The summed E-state index contributed by atoms with van der Waals surface area (Å²) in [5.41, 5.74) is 3.87. The minimum atomic E-state index is -0.322. The highest BCUT2D eigenvalue weighted by Crippen LogP contribution is 2.25. The Morgan fingerprint density at radius 3 is 2.50 bits per heavy atom. The van der Waals surface area contributed by atoms with E-state index in [1.165, 1.54) is 7.11 Å². The van der Waals surface area contributed by atoms with Gasteiger partial charge in [-0.2, -0.15) is 5.26 Å². The molecule has 8 nitrogen and oxygen atoms in total. The maximum absolute atomic E-state index is 13.1. The third kappa shape index (κ3) is 6.58. The summed E-state index contributed by atoms with van der Waals surface area (Å²) < 4.78 is 7.04. The number of nitriles is 1. The van der Waals surface area contributed by atoms with Crippen LogP contribution in [0.5, 0.6) is 0 Å². The number of likely N-dealkylation sites (tertiary alicyclic amines) is 1. The van der Waals surface area contributed by atoms with Crippen LogP contribution in [0.25, 0.3) is 0 Å². The average Bonchev–Trinajstić information content (AvgIpc) is 3.35. The maximum Gasteiger partial charge on any atom is 0.309 e. The Kier molecular flexibility index (Phi) is 8.48. The fourth-order valence-corrected chi connectivity index (χ4v) is 4.73. The normalized spacial score (nSPS) is 17.8. The second-order valence-corrected chi connectivity index (χ2v) is 9.20. The van der Waals surface area contributed by atoms with E-state index in [2.05, 4.69) is 33.4 Å². The fraction of sp³-hybridized carbons (Fsp3) is 0.357. The quantitative estimate of drug-likeness (QED) is 0.468. The summed E-state index contributed by atoms with van der Waals surface area (Å²) in [6.45, 7) is 3.00. The standard InChI is InChI=1S/C28H31N5O3/c1-36-28(35)25-13-24(18-32(19-25)16-22-5-3-2-4-6-22)27(34)31-12-11-26-15-30-20-33(26)17-23-9-7-21(14-29)8-10-23/h2-10,15,20,24-25H,11-13,16-19H2,1H3,(H,31,34). The van der Waals surface area contributed by atoms with Gasteiger partial charge < -0.3 is 14.6 Å². The molecule has 1 saturated heterocycles. The van der Waals surface area contributed by atoms with Crippen LogP contribution in [0.2, 0.25) is 0 Å². The molecular weight excluding hydrogens is 454 g/mol. The van der Waals surface area contributed by atoms with Crippen molar-refractivity contribution in [2.24, 2.45) is 11.8 Å². The van der Waals surface area contributed by atoms with Crippen LogP contribution in [0.3, 0.4) is 0 Å². The number of ether oxygens (including phenoxy) is 1. The van der Waals surface area contributed by atoms with Crippen LogP contribution in [0.15, 0.2) is 67.1 Å². The summed E-state index contributed by atoms with van der Waals surface area (Å²) in [4.78, 5) is 31.8. The van der Waals surface area contributed by atoms with Crippen molar-refractivity contribution in [1.29, 1.82) is 5.26 Å². The van der Waals surface area contributed by atoms with Gasteiger partial charge in [0, 0.05) is 51.0 Å². The molecule has 0 bridgehead atoms. The lowest BCUT2D eigenvalue weighted by molar-refractivity contribution is -0.149. The Labute approximate surface area is 211 Å². The lowest BCUT2D eigenvalue weighted by Gasteiger charge is -2.36. The minimum Gasteiger partial charge on any atom is -0.469 e. The molecule has 36 heavy (non-hydrogen) atoms. The molecule has 1 fully saturated rings. The lowest BCUT2D eigenvalue weighted by atomic mass is 9.88. The van der Waals surface area contributed by atoms with E-state index in [-0.39, 0.29) is 23.7 Å². The van der Waals surface area contributed by atoms with Crippen molar-refractivity contribution in [3.63, 3.8) is 0 Å². The molecular formula is C28H31N5O3. The molecule has 2 atom stereocenters. The van der Waals surface area contributed by atoms with E-state index in [0.29, 0.717) is 51.1 Å². The highest BCUT2D eigenvalue weighted by molar-refractivity contribution is 5.80. The molecule has 1 aliphatic heterocycles. The number of rotatable bonds is 9. The summed E-state index contributed by atoms with van der Waals surface area (Å²) >= 11 is 0. The van der Waals surface area contributed by atoms with Gasteiger partial charge in [-0.3, -0.25) is 14.5 Å². The number of aromatic nitrogens is 2. The zero-order chi connectivity index (χ0) is 25.3. The predicted molar refractivity (Wildman–Crippen MR) is 135 cm³/mol. The second kappa shape index (κ2) is 12.1. The van der Waals surface area contributed by atoms with E-state index in [9.17, 15) is 9.59 Å². The molecule has 2 aromatic carbocycles. The van der Waals surface area contributed by atoms with Crippen molar-refractivity contribution in [2.75, 3.05) is 26.7 Å². The number of amides is 1. The van der Waals surface area contributed by atoms with E-state index in [1.54, 1.807) is 18.5 Å². The molecule has 1 aromatic heterocycles. The van der Waals surface area contributed by atoms with Gasteiger partial charge in [0.1, 0.15) is 0 Å². The number of hydrogen-bond donors (Lipinski definition) is 1. The Balaban J connectivity index is 1.33. The van der Waals surface area contributed by atoms with Gasteiger partial charge in [-0.05, 0) is 29.7 Å². The number of hydrogen-bond acceptors (Lipinski definition) is 6. The smallest absolute Gasteiger partial charge is 0.309 e. The molecule has 1 amide bonds. The fourth-order valence-electron chi connectivity index (χ4n) is 4.73. The van der Waals surface area contributed by atoms with Crippen molar-refractivity contribution in [3.05, 3.63) is 89.5 Å². The molecule has 1 aliphatic rings. The zero-order valence-corrected chi connectivity index (χ0v) is 20.5. The average molecular weight is 486 g/mol. The SMILES string of the molecule is COC(=O)C1CC(C(=O)NCCc2cncn2Cc2ccc(C#N)cc2)CN(Cc2ccccc2)C1. The molecule has 8 heteroatoms. The van der Waals surface area contributed by atoms with Crippen LogP contribution in [-0.2, 0) is 33.8 Å². The first-order valence-corrected chi connectivity index (χ1v) is 12.2. The van der Waals surface area contributed by atoms with E-state index in [1.807, 2.05) is 41.1 Å². The monoisotopic (exact) mass is 485 g/mol. The molecule has 2 heterocycles. The number of carbonyl (C=O) groups excluding carboxylic acids is 2. The van der Waals surface area contributed by atoms with E-state index < -0.39 is 0 Å². The van der Waals surface area contributed by atoms with Gasteiger partial charge in [0.05, 0.1) is 36.9 Å². The molecule has 4 rings (SSSR count). The largest absolute Gasteiger partial charge is 0.469 e. The topological polar surface area (TPSA) is 100 Å². The van der Waals surface area contributed by atoms with Crippen molar-refractivity contribution in [2.45, 2.75) is 25.9 Å². The van der Waals surface area contributed by atoms with Gasteiger partial charge in [0.25, 0.3) is 0 Å². The summed E-state index contributed by atoms with van der Waals surface area (Å²) in [5, 5.41) is 12.0. The summed E-state index contributed by atoms with van der Waals surface area (Å²) in [6, 6.07) is 19.7. The van der Waals surface area contributed by atoms with Crippen molar-refractivity contribution >= 4 is 11.9 Å². The Morgan fingerprint density at radius 1 is 1.06 bits per heavy atom. The van der Waals surface area contributed by atoms with Crippen LogP contribution in [0, 0.1) is 23.2 Å². The number of nitrogens with one attached hydrogen (secondary N) is 1. The Hall–Kier alpha value is -3.96. The summed E-state index contributed by atoms with van der Waals surface area (Å²) in [6.07, 6.45) is 4.72. The van der Waals surface area contributed by atoms with E-state index in [0.717, 1.165) is 16.8 Å². The summed E-state index contributed by atoms with van der Waals surface area (Å²) in [5.74, 6) is -0.913. The molecule has 186 valence electrons. The second-order valence-electron chi connectivity index (χ2n) is 9.20. The third-order valence-electron chi connectivity index (χ3n) is 6.60. The zero-order valence-electron chi connectivity index (χ0n) is 20.5. The Bertz CT molecular complexity index is 1200. The minimum absolute atomic E-state index is 0.0418. The number of carbonyl (C=O) groups is 2. The van der Waals surface area contributed by atoms with E-state index >= 15 is 0 Å². The van der Waals surface area contributed by atoms with Gasteiger partial charge >= 0.3 is 5.97 Å². The number of nitrogens with zero attached hydrogens (tertiary/aromatic N) is 4. The van der Waals surface area contributed by atoms with Crippen LogP contribution in [-0.4, -0.2) is 53.1 Å². The van der Waals surface area contributed by atoms with Crippen LogP contribution >= 0.6 is 0 Å². The van der Waals surface area contributed by atoms with Crippen molar-refractivity contribution < 1.29 is 14.3 Å². The first-order valence-electron chi connectivity index (χ1n) is 12.2. The first kappa shape index (κ1) is 25.1. The van der Waals surface area contributed by atoms with Crippen LogP contribution < -0.4 is 5.32 Å². The number of esters is 1.